The average molecular weight is 283 g/mol. The highest BCUT2D eigenvalue weighted by Gasteiger charge is 2.25. The molecule has 6 nitrogen and oxygen atoms in total. The summed E-state index contributed by atoms with van der Waals surface area (Å²) in [6.07, 6.45) is 0.0180. The van der Waals surface area contributed by atoms with Gasteiger partial charge in [0, 0.05) is 23.6 Å². The van der Waals surface area contributed by atoms with Gasteiger partial charge in [0.05, 0.1) is 6.10 Å². The number of hydrogen-bond acceptors (Lipinski definition) is 7. The predicted octanol–water partition coefficient (Wildman–Crippen LogP) is 1.57. The molecule has 7 heteroatoms. The molecule has 0 aliphatic carbocycles. The molecular weight excluding hydrogens is 262 g/mol. The van der Waals surface area contributed by atoms with E-state index in [-0.39, 0.29) is 12.1 Å². The van der Waals surface area contributed by atoms with Crippen molar-refractivity contribution in [2.45, 2.75) is 44.3 Å². The first kappa shape index (κ1) is 14.2. The molecule has 2 heterocycles. The van der Waals surface area contributed by atoms with E-state index in [1.807, 2.05) is 25.6 Å². The molecule has 0 spiro atoms. The minimum atomic E-state index is 0.0180. The molecule has 2 atom stereocenters. The van der Waals surface area contributed by atoms with Crippen molar-refractivity contribution >= 4 is 23.7 Å². The summed E-state index contributed by atoms with van der Waals surface area (Å²) in [6.45, 7) is 10.1. The molecule has 1 aromatic rings. The van der Waals surface area contributed by atoms with Crippen LogP contribution in [0.3, 0.4) is 0 Å². The van der Waals surface area contributed by atoms with Crippen LogP contribution in [0.2, 0.25) is 0 Å². The van der Waals surface area contributed by atoms with Gasteiger partial charge in [-0.2, -0.15) is 26.7 Å². The van der Waals surface area contributed by atoms with Gasteiger partial charge in [0.2, 0.25) is 11.9 Å². The van der Waals surface area contributed by atoms with Crippen molar-refractivity contribution in [3.05, 3.63) is 0 Å². The van der Waals surface area contributed by atoms with Crippen molar-refractivity contribution in [1.82, 2.24) is 15.0 Å². The summed E-state index contributed by atoms with van der Waals surface area (Å²) < 4.78 is 5.51. The fraction of sp³-hybridized carbons (Fsp3) is 0.750. The van der Waals surface area contributed by atoms with Gasteiger partial charge in [0.25, 0.3) is 0 Å². The maximum atomic E-state index is 5.74. The number of ether oxygens (including phenoxy) is 1. The van der Waals surface area contributed by atoms with Gasteiger partial charge in [-0.05, 0) is 13.8 Å². The zero-order chi connectivity index (χ0) is 14.0. The summed E-state index contributed by atoms with van der Waals surface area (Å²) in [7, 11) is 0. The van der Waals surface area contributed by atoms with Gasteiger partial charge >= 0.3 is 6.01 Å². The summed E-state index contributed by atoms with van der Waals surface area (Å²) in [4.78, 5) is 14.7. The molecule has 0 bridgehead atoms. The van der Waals surface area contributed by atoms with Crippen molar-refractivity contribution in [2.24, 2.45) is 0 Å². The molecule has 2 N–H and O–H groups in total. The van der Waals surface area contributed by atoms with E-state index in [2.05, 4.69) is 33.7 Å². The molecular formula is C12H21N5OS. The third kappa shape index (κ3) is 3.86. The number of rotatable bonds is 3. The van der Waals surface area contributed by atoms with Crippen molar-refractivity contribution in [2.75, 3.05) is 23.7 Å². The highest BCUT2D eigenvalue weighted by atomic mass is 32.2. The first-order valence-electron chi connectivity index (χ1n) is 6.52. The van der Waals surface area contributed by atoms with Crippen LogP contribution >= 0.6 is 11.8 Å². The Kier molecular flexibility index (Phi) is 4.34. The summed E-state index contributed by atoms with van der Waals surface area (Å²) in [5, 5.41) is 1.10. The van der Waals surface area contributed by atoms with Gasteiger partial charge in [-0.3, -0.25) is 0 Å². The fourth-order valence-electron chi connectivity index (χ4n) is 2.11. The average Bonchev–Trinajstić information content (AvgIpc) is 2.25. The van der Waals surface area contributed by atoms with E-state index in [1.54, 1.807) is 0 Å². The Morgan fingerprint density at radius 2 is 1.84 bits per heavy atom. The summed E-state index contributed by atoms with van der Waals surface area (Å²) in [6, 6.07) is 0.302. The van der Waals surface area contributed by atoms with Crippen LogP contribution in [-0.4, -0.2) is 44.6 Å². The number of aromatic nitrogens is 3. The first-order valence-corrected chi connectivity index (χ1v) is 7.47. The van der Waals surface area contributed by atoms with Gasteiger partial charge in [-0.1, -0.05) is 13.8 Å². The largest absolute Gasteiger partial charge is 0.461 e. The van der Waals surface area contributed by atoms with Crippen LogP contribution in [0.25, 0.3) is 0 Å². The second-order valence-corrected chi connectivity index (χ2v) is 6.99. The maximum absolute atomic E-state index is 5.74. The number of hydrogen-bond donors (Lipinski definition) is 1. The van der Waals surface area contributed by atoms with E-state index < -0.39 is 0 Å². The van der Waals surface area contributed by atoms with Crippen LogP contribution < -0.4 is 15.4 Å². The van der Waals surface area contributed by atoms with E-state index in [0.717, 1.165) is 13.1 Å². The number of nitrogens with two attached hydrogens (primary N) is 1. The Hall–Kier alpha value is -1.24. The lowest BCUT2D eigenvalue weighted by molar-refractivity contribution is 0.222. The van der Waals surface area contributed by atoms with Gasteiger partial charge in [-0.15, -0.1) is 0 Å². The molecule has 0 saturated carbocycles. The SMILES string of the molecule is CC(C)Oc1nc(N)nc(N2CC(C)SC(C)C2)n1. The number of thioether (sulfide) groups is 1. The third-order valence-corrected chi connectivity index (χ3v) is 3.89. The Morgan fingerprint density at radius 1 is 1.21 bits per heavy atom. The zero-order valence-corrected chi connectivity index (χ0v) is 12.6. The van der Waals surface area contributed by atoms with E-state index in [4.69, 9.17) is 10.5 Å². The van der Waals surface area contributed by atoms with E-state index >= 15 is 0 Å². The highest BCUT2D eigenvalue weighted by molar-refractivity contribution is 8.00. The molecule has 1 aromatic heterocycles. The van der Waals surface area contributed by atoms with E-state index in [9.17, 15) is 0 Å². The van der Waals surface area contributed by atoms with Crippen LogP contribution in [0.1, 0.15) is 27.7 Å². The first-order chi connectivity index (χ1) is 8.94. The molecule has 106 valence electrons. The van der Waals surface area contributed by atoms with Gasteiger partial charge in [-0.25, -0.2) is 0 Å². The van der Waals surface area contributed by atoms with Gasteiger partial charge in [0.15, 0.2) is 0 Å². The molecule has 0 aromatic carbocycles. The van der Waals surface area contributed by atoms with Crippen molar-refractivity contribution in [3.8, 4) is 6.01 Å². The van der Waals surface area contributed by atoms with Gasteiger partial charge < -0.3 is 15.4 Å². The summed E-state index contributed by atoms with van der Waals surface area (Å²) in [5.74, 6) is 0.821. The maximum Gasteiger partial charge on any atom is 0.323 e. The van der Waals surface area contributed by atoms with Crippen LogP contribution in [-0.2, 0) is 0 Å². The van der Waals surface area contributed by atoms with E-state index in [1.165, 1.54) is 0 Å². The highest BCUT2D eigenvalue weighted by Crippen LogP contribution is 2.27. The van der Waals surface area contributed by atoms with Crippen molar-refractivity contribution in [1.29, 1.82) is 0 Å². The second kappa shape index (κ2) is 5.81. The number of nitrogens with zero attached hydrogens (tertiary/aromatic N) is 4. The predicted molar refractivity (Wildman–Crippen MR) is 78.7 cm³/mol. The minimum Gasteiger partial charge on any atom is -0.461 e. The molecule has 1 fully saturated rings. The standard InChI is InChI=1S/C12H21N5OS/c1-7(2)18-12-15-10(13)14-11(16-12)17-5-8(3)19-9(4)6-17/h7-9H,5-6H2,1-4H3,(H2,13,14,15,16). The molecule has 0 amide bonds. The molecule has 1 saturated heterocycles. The normalized spacial score (nSPS) is 23.7. The second-order valence-electron chi connectivity index (χ2n) is 5.11. The Bertz CT molecular complexity index is 432. The van der Waals surface area contributed by atoms with Crippen LogP contribution in [0, 0.1) is 0 Å². The molecule has 19 heavy (non-hydrogen) atoms. The van der Waals surface area contributed by atoms with Gasteiger partial charge in [0.1, 0.15) is 0 Å². The topological polar surface area (TPSA) is 77.2 Å². The Balaban J connectivity index is 2.21. The monoisotopic (exact) mass is 283 g/mol. The minimum absolute atomic E-state index is 0.0180. The molecule has 1 aliphatic rings. The number of nitrogen functional groups attached to an aromatic ring is 1. The lowest BCUT2D eigenvalue weighted by atomic mass is 10.3. The molecule has 2 rings (SSSR count). The van der Waals surface area contributed by atoms with Crippen LogP contribution in [0.5, 0.6) is 6.01 Å². The Morgan fingerprint density at radius 3 is 2.42 bits per heavy atom. The third-order valence-electron chi connectivity index (χ3n) is 2.66. The molecule has 0 radical (unpaired) electrons. The van der Waals surface area contributed by atoms with E-state index in [0.29, 0.717) is 22.5 Å². The van der Waals surface area contributed by atoms with Crippen LogP contribution in [0.15, 0.2) is 0 Å². The molecule has 1 aliphatic heterocycles. The summed E-state index contributed by atoms with van der Waals surface area (Å²) in [5.41, 5.74) is 5.74. The fourth-order valence-corrected chi connectivity index (χ4v) is 3.43. The van der Waals surface area contributed by atoms with Crippen molar-refractivity contribution < 1.29 is 4.74 Å². The molecule has 2 unspecified atom stereocenters. The number of anilines is 2. The lowest BCUT2D eigenvalue weighted by Crippen LogP contribution is -2.41. The Labute approximate surface area is 118 Å². The van der Waals surface area contributed by atoms with Crippen molar-refractivity contribution in [3.63, 3.8) is 0 Å². The van der Waals surface area contributed by atoms with Crippen LogP contribution in [0.4, 0.5) is 11.9 Å². The lowest BCUT2D eigenvalue weighted by Gasteiger charge is -2.34. The zero-order valence-electron chi connectivity index (χ0n) is 11.8. The smallest absolute Gasteiger partial charge is 0.323 e. The summed E-state index contributed by atoms with van der Waals surface area (Å²) >= 11 is 1.98. The quantitative estimate of drug-likeness (QED) is 0.902.